The van der Waals surface area contributed by atoms with Crippen molar-refractivity contribution < 1.29 is 23.1 Å². The van der Waals surface area contributed by atoms with Gasteiger partial charge in [-0.15, -0.1) is 0 Å². The Balaban J connectivity index is 2.08. The van der Waals surface area contributed by atoms with Crippen LogP contribution in [0, 0.1) is 25.5 Å². The van der Waals surface area contributed by atoms with E-state index in [1.54, 1.807) is 0 Å². The summed E-state index contributed by atoms with van der Waals surface area (Å²) in [7, 11) is 1.09. The third-order valence-corrected chi connectivity index (χ3v) is 3.86. The number of amides is 1. The zero-order valence-electron chi connectivity index (χ0n) is 14.3. The maximum Gasteiger partial charge on any atom is 0.340 e. The fourth-order valence-electron chi connectivity index (χ4n) is 2.50. The van der Waals surface area contributed by atoms with Gasteiger partial charge in [0.05, 0.1) is 18.4 Å². The summed E-state index contributed by atoms with van der Waals surface area (Å²) < 4.78 is 31.9. The molecule has 0 bridgehead atoms. The molecule has 0 fully saturated rings. The molecule has 1 amide bonds. The van der Waals surface area contributed by atoms with Crippen LogP contribution in [0.5, 0.6) is 0 Å². The third-order valence-electron chi connectivity index (χ3n) is 3.86. The molecule has 0 spiro atoms. The van der Waals surface area contributed by atoms with E-state index in [9.17, 15) is 18.4 Å². The maximum atomic E-state index is 13.8. The van der Waals surface area contributed by atoms with Crippen LogP contribution >= 0.6 is 0 Å². The molecule has 0 aliphatic rings. The molecule has 0 aromatic heterocycles. The molecule has 25 heavy (non-hydrogen) atoms. The Hall–Kier alpha value is -2.76. The first-order chi connectivity index (χ1) is 11.8. The summed E-state index contributed by atoms with van der Waals surface area (Å²) in [4.78, 5) is 23.5. The molecule has 4 nitrogen and oxygen atoms in total. The first-order valence-corrected chi connectivity index (χ1v) is 7.75. The number of hydrogen-bond donors (Lipinski definition) is 1. The van der Waals surface area contributed by atoms with Crippen LogP contribution in [0.15, 0.2) is 30.3 Å². The van der Waals surface area contributed by atoms with Gasteiger partial charge in [0, 0.05) is 12.5 Å². The van der Waals surface area contributed by atoms with Gasteiger partial charge in [-0.1, -0.05) is 23.8 Å². The van der Waals surface area contributed by atoms with Crippen LogP contribution in [0.1, 0.15) is 33.5 Å². The second-order valence-corrected chi connectivity index (χ2v) is 5.78. The van der Waals surface area contributed by atoms with Gasteiger partial charge in [0.25, 0.3) is 0 Å². The third kappa shape index (κ3) is 4.62. The normalized spacial score (nSPS) is 10.4. The molecule has 0 radical (unpaired) electrons. The number of nitrogens with one attached hydrogen (secondary N) is 1. The Kier molecular flexibility index (Phi) is 5.85. The molecular weight excluding hydrogens is 328 g/mol. The van der Waals surface area contributed by atoms with Crippen LogP contribution in [0.25, 0.3) is 0 Å². The van der Waals surface area contributed by atoms with Crippen LogP contribution < -0.4 is 5.32 Å². The fourth-order valence-corrected chi connectivity index (χ4v) is 2.50. The van der Waals surface area contributed by atoms with Crippen molar-refractivity contribution in [1.82, 2.24) is 0 Å². The lowest BCUT2D eigenvalue weighted by Gasteiger charge is -2.10. The summed E-state index contributed by atoms with van der Waals surface area (Å²) in [6, 6.07) is 7.42. The van der Waals surface area contributed by atoms with Crippen molar-refractivity contribution in [3.05, 3.63) is 64.2 Å². The number of rotatable bonds is 5. The molecular formula is C19H19F2NO3. The summed E-state index contributed by atoms with van der Waals surface area (Å²) in [6.45, 7) is 3.95. The van der Waals surface area contributed by atoms with Crippen LogP contribution in [0.4, 0.5) is 14.5 Å². The topological polar surface area (TPSA) is 55.4 Å². The van der Waals surface area contributed by atoms with E-state index in [1.165, 1.54) is 0 Å². The van der Waals surface area contributed by atoms with Gasteiger partial charge in [-0.3, -0.25) is 4.79 Å². The van der Waals surface area contributed by atoms with Gasteiger partial charge in [-0.25, -0.2) is 13.6 Å². The first kappa shape index (κ1) is 18.6. The molecule has 0 unspecified atom stereocenters. The lowest BCUT2D eigenvalue weighted by Crippen LogP contribution is -2.15. The van der Waals surface area contributed by atoms with Gasteiger partial charge in [0.15, 0.2) is 0 Å². The van der Waals surface area contributed by atoms with E-state index in [0.717, 1.165) is 29.9 Å². The lowest BCUT2D eigenvalue weighted by molar-refractivity contribution is -0.116. The van der Waals surface area contributed by atoms with E-state index < -0.39 is 29.1 Å². The summed E-state index contributed by atoms with van der Waals surface area (Å²) in [6.07, 6.45) is 0.624. The molecule has 1 N–H and O–H groups in total. The van der Waals surface area contributed by atoms with E-state index in [-0.39, 0.29) is 12.1 Å². The first-order valence-electron chi connectivity index (χ1n) is 7.75. The summed E-state index contributed by atoms with van der Waals surface area (Å²) in [5.74, 6) is -3.37. The second-order valence-electron chi connectivity index (χ2n) is 5.78. The quantitative estimate of drug-likeness (QED) is 0.834. The van der Waals surface area contributed by atoms with Gasteiger partial charge >= 0.3 is 5.97 Å². The maximum absolute atomic E-state index is 13.8. The SMILES string of the molecule is COC(=O)c1cc(NC(=O)CCc2ccc(C)cc2C)c(F)cc1F. The zero-order valence-corrected chi connectivity index (χ0v) is 14.3. The number of methoxy groups -OCH3 is 1. The molecule has 0 saturated carbocycles. The minimum atomic E-state index is -1.04. The monoisotopic (exact) mass is 347 g/mol. The van der Waals surface area contributed by atoms with Crippen molar-refractivity contribution in [1.29, 1.82) is 0 Å². The van der Waals surface area contributed by atoms with Gasteiger partial charge in [0.1, 0.15) is 11.6 Å². The van der Waals surface area contributed by atoms with E-state index >= 15 is 0 Å². The molecule has 6 heteroatoms. The predicted molar refractivity (Wildman–Crippen MR) is 90.6 cm³/mol. The Bertz CT molecular complexity index is 819. The van der Waals surface area contributed by atoms with Crippen LogP contribution in [-0.4, -0.2) is 19.0 Å². The summed E-state index contributed by atoms with van der Waals surface area (Å²) >= 11 is 0. The number of halogens is 2. The number of ether oxygens (including phenoxy) is 1. The summed E-state index contributed by atoms with van der Waals surface area (Å²) in [5, 5.41) is 2.37. The van der Waals surface area contributed by atoms with Crippen LogP contribution in [0.3, 0.4) is 0 Å². The van der Waals surface area contributed by atoms with Gasteiger partial charge in [-0.05, 0) is 37.5 Å². The van der Waals surface area contributed by atoms with Gasteiger partial charge in [0.2, 0.25) is 5.91 Å². The summed E-state index contributed by atoms with van der Waals surface area (Å²) in [5.41, 5.74) is 2.54. The molecule has 0 aliphatic heterocycles. The average Bonchev–Trinajstić information content (AvgIpc) is 2.55. The van der Waals surface area contributed by atoms with Gasteiger partial charge in [-0.2, -0.15) is 0 Å². The minimum absolute atomic E-state index is 0.133. The highest BCUT2D eigenvalue weighted by Crippen LogP contribution is 2.21. The molecule has 0 heterocycles. The highest BCUT2D eigenvalue weighted by Gasteiger charge is 2.17. The minimum Gasteiger partial charge on any atom is -0.465 e. The zero-order chi connectivity index (χ0) is 18.6. The molecule has 2 aromatic rings. The lowest BCUT2D eigenvalue weighted by atomic mass is 10.0. The van der Waals surface area contributed by atoms with E-state index in [4.69, 9.17) is 0 Å². The number of hydrogen-bond acceptors (Lipinski definition) is 3. The van der Waals surface area contributed by atoms with Gasteiger partial charge < -0.3 is 10.1 Å². The average molecular weight is 347 g/mol. The number of esters is 1. The highest BCUT2D eigenvalue weighted by molar-refractivity contribution is 5.95. The van der Waals surface area contributed by atoms with E-state index in [1.807, 2.05) is 32.0 Å². The van der Waals surface area contributed by atoms with Crippen molar-refractivity contribution in [2.24, 2.45) is 0 Å². The molecule has 2 rings (SSSR count). The molecule has 2 aromatic carbocycles. The Morgan fingerprint density at radius 2 is 1.80 bits per heavy atom. The number of carbonyl (C=O) groups excluding carboxylic acids is 2. The smallest absolute Gasteiger partial charge is 0.340 e. The van der Waals surface area contributed by atoms with Crippen molar-refractivity contribution in [3.8, 4) is 0 Å². The Morgan fingerprint density at radius 3 is 2.44 bits per heavy atom. The number of anilines is 1. The predicted octanol–water partition coefficient (Wildman–Crippen LogP) is 3.94. The number of benzene rings is 2. The van der Waals surface area contributed by atoms with Crippen LogP contribution in [0.2, 0.25) is 0 Å². The Morgan fingerprint density at radius 1 is 1.08 bits per heavy atom. The van der Waals surface area contributed by atoms with Crippen molar-refractivity contribution in [2.45, 2.75) is 26.7 Å². The molecule has 132 valence electrons. The molecule has 0 aliphatic carbocycles. The molecule has 0 atom stereocenters. The van der Waals surface area contributed by atoms with E-state index in [2.05, 4.69) is 10.1 Å². The largest absolute Gasteiger partial charge is 0.465 e. The van der Waals surface area contributed by atoms with E-state index in [0.29, 0.717) is 12.5 Å². The number of aryl methyl sites for hydroxylation is 3. The van der Waals surface area contributed by atoms with Crippen molar-refractivity contribution >= 4 is 17.6 Å². The van der Waals surface area contributed by atoms with Crippen molar-refractivity contribution in [3.63, 3.8) is 0 Å². The standard InChI is InChI=1S/C19H19F2NO3/c1-11-4-5-13(12(2)8-11)6-7-18(23)22-17-9-14(19(24)25-3)15(20)10-16(17)21/h4-5,8-10H,6-7H2,1-3H3,(H,22,23). The molecule has 0 saturated heterocycles. The van der Waals surface area contributed by atoms with Crippen LogP contribution in [-0.2, 0) is 16.0 Å². The van der Waals surface area contributed by atoms with Crippen molar-refractivity contribution in [2.75, 3.05) is 12.4 Å². The highest BCUT2D eigenvalue weighted by atomic mass is 19.1. The number of carbonyl (C=O) groups is 2. The Labute approximate surface area is 144 Å². The fraction of sp³-hybridized carbons (Fsp3) is 0.263. The second kappa shape index (κ2) is 7.88.